The van der Waals surface area contributed by atoms with Crippen LogP contribution in [-0.4, -0.2) is 154 Å². The lowest BCUT2D eigenvalue weighted by Gasteiger charge is -2.33. The molecule has 0 radical (unpaired) electrons. The Morgan fingerprint density at radius 3 is 1.17 bits per heavy atom. The zero-order valence-corrected chi connectivity index (χ0v) is 80.8. The van der Waals surface area contributed by atoms with Crippen LogP contribution in [0.25, 0.3) is 33.4 Å². The van der Waals surface area contributed by atoms with E-state index in [-0.39, 0.29) is 86.3 Å². The number of carbonyl (C=O) groups is 3. The minimum absolute atomic E-state index is 0.0556. The smallest absolute Gasteiger partial charge is 0.336 e. The molecule has 144 heavy (non-hydrogen) atoms. The standard InChI is InChI=1S/3C37H40F4N4O2S/c2*1-4-43(5-2)18-19-44(22-26-6-10-28(11-7-26)29-12-14-30(15-13-29)37(39,40)41)34(46)23-45-33-21-25(3)20-32(33)35(47)42-36(45)48-24-27-8-16-31(38)17-9-27;1-4-43(5-2)21-22-44(25(3)27-11-13-28(14-12-27)29-15-17-30(18-16-29)37(39,40)41)34(46)23-45-33-8-6-7-32(33)35(47)42-36(45)48-24-26-9-19-31(38)20-10-26/h2*6-17,25H,4-5,18-24H2,1-3H3;9-20,25H,4-8,21-24H2,1-3H3/i6D,7D,8D,9D,10D,11D,12D,13D,14D,15D,16D,17D,20D2,21D2,22D2,23D2,25D;4D2,5D2,20D2,21D2,22D2,23D2,25D;4D2,5D2,23D2,25D. The van der Waals surface area contributed by atoms with Crippen molar-refractivity contribution in [1.82, 2.24) is 58.1 Å². The number of amides is 3. The third-order valence-corrected chi connectivity index (χ3v) is 25.1. The first kappa shape index (κ1) is 66.3. The summed E-state index contributed by atoms with van der Waals surface area (Å²) in [6, 6.07) is 12.2. The molecule has 0 fully saturated rings. The van der Waals surface area contributed by atoms with Crippen LogP contribution >= 0.6 is 35.3 Å². The van der Waals surface area contributed by atoms with Crippen molar-refractivity contribution in [2.24, 2.45) is 11.8 Å². The van der Waals surface area contributed by atoms with Gasteiger partial charge in [-0.3, -0.25) is 28.8 Å². The number of fused-ring (bicyclic) bond motifs is 3. The maximum absolute atomic E-state index is 15.2. The molecule has 0 N–H and O–H groups in total. The van der Waals surface area contributed by atoms with Gasteiger partial charge in [-0.25, -0.2) is 13.2 Å². The van der Waals surface area contributed by atoms with E-state index in [4.69, 9.17) is 41.1 Å². The summed E-state index contributed by atoms with van der Waals surface area (Å²) in [6.07, 6.45) is -26.6. The highest BCUT2D eigenvalue weighted by Gasteiger charge is 2.36. The normalized spacial score (nSPS) is 21.8. The number of carbonyl (C=O) groups excluding carboxylic acids is 3. The van der Waals surface area contributed by atoms with E-state index in [0.29, 0.717) is 72.4 Å². The fourth-order valence-corrected chi connectivity index (χ4v) is 17.1. The van der Waals surface area contributed by atoms with Gasteiger partial charge in [-0.15, -0.1) is 0 Å². The first-order valence-electron chi connectivity index (χ1n) is 64.7. The van der Waals surface area contributed by atoms with Crippen molar-refractivity contribution in [1.29, 1.82) is 0 Å². The summed E-state index contributed by atoms with van der Waals surface area (Å²) in [5.74, 6) is -14.4. The van der Waals surface area contributed by atoms with Crippen molar-refractivity contribution in [3.8, 4) is 33.4 Å². The van der Waals surface area contributed by atoms with Crippen LogP contribution in [0.3, 0.4) is 0 Å². The molecule has 3 heterocycles. The summed E-state index contributed by atoms with van der Waals surface area (Å²) in [4.78, 5) is 101. The average molecular weight is 2080 g/mol. The lowest BCUT2D eigenvalue weighted by atomic mass is 9.99. The van der Waals surface area contributed by atoms with Crippen LogP contribution in [0.15, 0.2) is 248 Å². The van der Waals surface area contributed by atoms with E-state index in [2.05, 4.69) is 15.0 Å². The van der Waals surface area contributed by atoms with E-state index in [1.165, 1.54) is 104 Å². The van der Waals surface area contributed by atoms with Gasteiger partial charge in [-0.2, -0.15) is 54.5 Å². The molecule has 0 aliphatic heterocycles. The van der Waals surface area contributed by atoms with Gasteiger partial charge in [0.1, 0.15) is 36.9 Å². The fourth-order valence-electron chi connectivity index (χ4n) is 14.4. The number of likely N-dealkylation sites (N-methyl/N-ethyl adjacent to an activating group) is 3. The molecule has 3 aliphatic rings. The molecular formula is C111H120F12N12O6S3. The van der Waals surface area contributed by atoms with Gasteiger partial charge in [-0.05, 0) is 242 Å². The van der Waals surface area contributed by atoms with Crippen LogP contribution in [0.1, 0.15) is 215 Å². The number of halogens is 12. The van der Waals surface area contributed by atoms with Crippen molar-refractivity contribution in [2.45, 2.75) is 197 Å². The van der Waals surface area contributed by atoms with E-state index in [9.17, 15) is 91.7 Å². The number of nitrogens with zero attached hydrogens (tertiary/aromatic N) is 12. The Morgan fingerprint density at radius 1 is 0.403 bits per heavy atom. The van der Waals surface area contributed by atoms with E-state index in [1.54, 1.807) is 30.9 Å². The molecule has 9 aromatic carbocycles. The number of hydrogen-bond acceptors (Lipinski definition) is 15. The SMILES string of the molecule is [2H]C([2H])(C)N(CCN(C(=O)C([2H])([2H])n1c(SCc2ccc(F)cc2)nc(=O)c2c1C([2H])([2H])C([2H])(C)C2([2H])[2H])C([2H])([2H])c1ccc(-c2ccc(C(F)(F)F)cc2)cc1)C([2H])([2H])C.[2H]C([2H])(C)N(CCN(C(=O)C([2H])([2H])n1c(SCc2ccc(F)cc2)nc(=O)c2c1CCC2)C([2H])(C)c1ccc(-c2ccc(C(F)(F)F)cc2)cc1)C([2H])([2H])C.[2H]c1c([2H])c(CSc2nc(=O)c3c(n2C([2H])([2H])C(=O)N(CCN(CC)CC)C([2H])([2H])c2c([2H])c([2H])c(-c4c([2H])c([2H])c(C(F)(F)F)c([2H])c4[2H])c([2H])c2[2H])C([2H])([2H])C([2H])(C)C3([2H])[2H])c([2H])c([2H])c1F. The summed E-state index contributed by atoms with van der Waals surface area (Å²) in [5.41, 5.74) is -13.1. The molecule has 3 atom stereocenters. The van der Waals surface area contributed by atoms with E-state index in [0.717, 1.165) is 104 Å². The van der Waals surface area contributed by atoms with Crippen molar-refractivity contribution >= 4 is 53.0 Å². The zero-order valence-electron chi connectivity index (χ0n) is 119. The quantitative estimate of drug-likeness (QED) is 0.0202. The molecule has 12 aromatic rings. The van der Waals surface area contributed by atoms with Gasteiger partial charge in [0.15, 0.2) is 15.5 Å². The Kier molecular flexibility index (Phi) is 23.1. The molecule has 0 saturated heterocycles. The van der Waals surface area contributed by atoms with Crippen molar-refractivity contribution in [2.75, 3.05) is 78.3 Å². The van der Waals surface area contributed by atoms with Crippen LogP contribution in [0.2, 0.25) is 0 Å². The van der Waals surface area contributed by atoms with Gasteiger partial charge in [0.05, 0.1) is 54.2 Å². The fraction of sp³-hybridized carbons (Fsp3) is 0.378. The molecule has 3 amide bonds. The van der Waals surface area contributed by atoms with E-state index >= 15 is 4.79 Å². The number of alkyl halides is 9. The minimum Gasteiger partial charge on any atom is -0.336 e. The Balaban J connectivity index is 0.000000226. The highest BCUT2D eigenvalue weighted by Crippen LogP contribution is 2.39. The first-order valence-corrected chi connectivity index (χ1v) is 47.2. The second-order valence-corrected chi connectivity index (χ2v) is 34.4. The number of benzene rings is 9. The highest BCUT2D eigenvalue weighted by molar-refractivity contribution is 7.98. The van der Waals surface area contributed by atoms with Gasteiger partial charge in [0.2, 0.25) is 17.7 Å². The lowest BCUT2D eigenvalue weighted by Crippen LogP contribution is -2.42. The Hall–Kier alpha value is -11.9. The van der Waals surface area contributed by atoms with E-state index < -0.39 is 355 Å². The summed E-state index contributed by atoms with van der Waals surface area (Å²) in [5, 5.41) is -1.84. The second-order valence-electron chi connectivity index (χ2n) is 31.5. The number of rotatable bonds is 39. The molecule has 18 nitrogen and oxygen atoms in total. The first-order chi connectivity index (χ1) is 84.5. The van der Waals surface area contributed by atoms with Crippen LogP contribution in [-0.2, 0) is 121 Å². The average Bonchev–Trinajstić information content (AvgIpc) is 1.51. The Labute approximate surface area is 902 Å². The zero-order chi connectivity index (χ0) is 140. The van der Waals surface area contributed by atoms with Crippen LogP contribution in [0.4, 0.5) is 52.7 Å². The molecular weight excluding hydrogens is 1920 g/mol. The maximum Gasteiger partial charge on any atom is 0.416 e. The minimum atomic E-state index is -5.42. The topological polar surface area (TPSA) is 175 Å². The van der Waals surface area contributed by atoms with Crippen molar-refractivity contribution in [3.05, 3.63) is 350 Å². The molecule has 0 spiro atoms. The van der Waals surface area contributed by atoms with Gasteiger partial charge in [0, 0.05) is 128 Å². The molecule has 0 bridgehead atoms. The summed E-state index contributed by atoms with van der Waals surface area (Å²) >= 11 is 1.72. The monoisotopic (exact) mass is 2080 g/mol. The Morgan fingerprint density at radius 2 is 0.757 bits per heavy atom. The summed E-state index contributed by atoms with van der Waals surface area (Å²) in [6.45, 7) is -19.9. The van der Waals surface area contributed by atoms with Crippen LogP contribution < -0.4 is 16.7 Å². The number of aromatic nitrogens is 6. The van der Waals surface area contributed by atoms with Gasteiger partial charge >= 0.3 is 18.5 Å². The third-order valence-electron chi connectivity index (χ3n) is 22.1. The molecule has 3 aromatic heterocycles. The maximum atomic E-state index is 15.2. The third kappa shape index (κ3) is 29.3. The summed E-state index contributed by atoms with van der Waals surface area (Å²) < 4.78 is 522. The predicted molar refractivity (Wildman–Crippen MR) is 544 cm³/mol. The second kappa shape index (κ2) is 50.3. The van der Waals surface area contributed by atoms with Gasteiger partial charge in [-0.1, -0.05) is 236 Å². The van der Waals surface area contributed by atoms with Crippen molar-refractivity contribution < 1.29 is 123 Å². The molecule has 0 saturated carbocycles. The number of hydrogen-bond donors (Lipinski definition) is 0. The largest absolute Gasteiger partial charge is 0.416 e. The molecule has 33 heteroatoms. The van der Waals surface area contributed by atoms with Gasteiger partial charge < -0.3 is 43.1 Å². The van der Waals surface area contributed by atoms with Gasteiger partial charge in [0.25, 0.3) is 16.7 Å². The summed E-state index contributed by atoms with van der Waals surface area (Å²) in [7, 11) is 0. The predicted octanol–water partition coefficient (Wildman–Crippen LogP) is 22.7. The Bertz CT molecular complexity index is 8740. The highest BCUT2D eigenvalue weighted by atomic mass is 32.2. The van der Waals surface area contributed by atoms with E-state index in [1.807, 2.05) is 0 Å². The molecule has 3 unspecified atom stereocenters. The molecule has 15 rings (SSSR count). The lowest BCUT2D eigenvalue weighted by molar-refractivity contribution is -0.138. The van der Waals surface area contributed by atoms with Crippen molar-refractivity contribution in [3.63, 3.8) is 0 Å². The van der Waals surface area contributed by atoms with Crippen LogP contribution in [0, 0.1) is 29.2 Å². The number of thioether (sulfide) groups is 3. The van der Waals surface area contributed by atoms with Crippen LogP contribution in [0.5, 0.6) is 0 Å². The molecule has 762 valence electrons. The molecule has 3 aliphatic carbocycles.